The first kappa shape index (κ1) is 19.9. The molecule has 0 unspecified atom stereocenters. The molecule has 1 heterocycles. The first-order valence-corrected chi connectivity index (χ1v) is 9.24. The van der Waals surface area contributed by atoms with E-state index in [-0.39, 0.29) is 0 Å². The number of rotatable bonds is 5. The van der Waals surface area contributed by atoms with Crippen LogP contribution in [0.4, 0.5) is 18.9 Å². The number of nitrogens with one attached hydrogen (secondary N) is 1. The molecule has 1 aromatic heterocycles. The van der Waals surface area contributed by atoms with E-state index in [0.29, 0.717) is 11.0 Å². The van der Waals surface area contributed by atoms with Gasteiger partial charge in [-0.2, -0.15) is 0 Å². The van der Waals surface area contributed by atoms with Crippen molar-refractivity contribution in [3.8, 4) is 11.4 Å². The van der Waals surface area contributed by atoms with E-state index in [4.69, 9.17) is 0 Å². The molecule has 0 aliphatic heterocycles. The van der Waals surface area contributed by atoms with Gasteiger partial charge in [-0.05, 0) is 31.5 Å². The van der Waals surface area contributed by atoms with Gasteiger partial charge in [0, 0.05) is 12.6 Å². The second kappa shape index (κ2) is 8.05. The Bertz CT molecular complexity index is 1040. The van der Waals surface area contributed by atoms with Gasteiger partial charge < -0.3 is 9.88 Å². The lowest BCUT2D eigenvalue weighted by Crippen LogP contribution is -2.23. The van der Waals surface area contributed by atoms with Crippen molar-refractivity contribution >= 4 is 23.4 Å². The van der Waals surface area contributed by atoms with E-state index >= 15 is 0 Å². The summed E-state index contributed by atoms with van der Waals surface area (Å²) in [6, 6.07) is 9.44. The van der Waals surface area contributed by atoms with Crippen LogP contribution in [-0.2, 0) is 11.8 Å². The first-order valence-electron chi connectivity index (χ1n) is 8.36. The summed E-state index contributed by atoms with van der Waals surface area (Å²) in [6.07, 6.45) is 0. The predicted octanol–water partition coefficient (Wildman–Crippen LogP) is 4.33. The van der Waals surface area contributed by atoms with Gasteiger partial charge in [0.2, 0.25) is 5.91 Å². The maximum Gasteiger partial charge on any atom is 0.237 e. The zero-order valence-electron chi connectivity index (χ0n) is 15.3. The van der Waals surface area contributed by atoms with Crippen LogP contribution < -0.4 is 5.32 Å². The van der Waals surface area contributed by atoms with Gasteiger partial charge in [-0.15, -0.1) is 10.2 Å². The number of hydrogen-bond donors (Lipinski definition) is 1. The SMILES string of the molecule is Cc1ccccc1-c1nnc(S[C@H](C)C(=O)Nc2ccc(F)c(F)c2F)n1C. The third kappa shape index (κ3) is 3.89. The normalized spacial score (nSPS) is 12.1. The van der Waals surface area contributed by atoms with Gasteiger partial charge in [0.1, 0.15) is 0 Å². The number of amides is 1. The second-order valence-electron chi connectivity index (χ2n) is 6.15. The van der Waals surface area contributed by atoms with Gasteiger partial charge in [0.05, 0.1) is 10.9 Å². The predicted molar refractivity (Wildman–Crippen MR) is 101 cm³/mol. The van der Waals surface area contributed by atoms with Crippen molar-refractivity contribution < 1.29 is 18.0 Å². The average Bonchev–Trinajstić information content (AvgIpc) is 3.02. The molecule has 3 aromatic rings. The monoisotopic (exact) mass is 406 g/mol. The Kier molecular flexibility index (Phi) is 5.73. The molecule has 0 bridgehead atoms. The molecule has 28 heavy (non-hydrogen) atoms. The number of halogens is 3. The van der Waals surface area contributed by atoms with Crippen molar-refractivity contribution in [2.24, 2.45) is 7.05 Å². The van der Waals surface area contributed by atoms with Crippen LogP contribution >= 0.6 is 11.8 Å². The fourth-order valence-corrected chi connectivity index (χ4v) is 3.36. The molecule has 1 atom stereocenters. The summed E-state index contributed by atoms with van der Waals surface area (Å²) < 4.78 is 41.8. The van der Waals surface area contributed by atoms with E-state index in [0.717, 1.165) is 35.0 Å². The molecule has 0 fully saturated rings. The molecule has 5 nitrogen and oxygen atoms in total. The van der Waals surface area contributed by atoms with Gasteiger partial charge in [-0.25, -0.2) is 13.2 Å². The van der Waals surface area contributed by atoms with Gasteiger partial charge in [-0.3, -0.25) is 4.79 Å². The molecule has 0 aliphatic rings. The Hall–Kier alpha value is -2.81. The third-order valence-corrected chi connectivity index (χ3v) is 5.30. The molecular formula is C19H17F3N4OS. The Labute approximate surface area is 164 Å². The van der Waals surface area contributed by atoms with Crippen LogP contribution in [0.5, 0.6) is 0 Å². The van der Waals surface area contributed by atoms with Crippen LogP contribution in [0.25, 0.3) is 11.4 Å². The van der Waals surface area contributed by atoms with Crippen LogP contribution in [0, 0.1) is 24.4 Å². The highest BCUT2D eigenvalue weighted by atomic mass is 32.2. The Morgan fingerprint density at radius 1 is 1.11 bits per heavy atom. The van der Waals surface area contributed by atoms with Crippen LogP contribution in [0.2, 0.25) is 0 Å². The number of benzene rings is 2. The summed E-state index contributed by atoms with van der Waals surface area (Å²) >= 11 is 1.12. The van der Waals surface area contributed by atoms with Crippen LogP contribution in [-0.4, -0.2) is 25.9 Å². The Morgan fingerprint density at radius 2 is 1.82 bits per heavy atom. The molecule has 0 spiro atoms. The number of aromatic nitrogens is 3. The largest absolute Gasteiger partial charge is 0.323 e. The van der Waals surface area contributed by atoms with E-state index in [9.17, 15) is 18.0 Å². The number of nitrogens with zero attached hydrogens (tertiary/aromatic N) is 3. The summed E-state index contributed by atoms with van der Waals surface area (Å²) in [7, 11) is 1.78. The summed E-state index contributed by atoms with van der Waals surface area (Å²) in [5, 5.41) is 10.4. The highest BCUT2D eigenvalue weighted by Gasteiger charge is 2.22. The quantitative estimate of drug-likeness (QED) is 0.506. The summed E-state index contributed by atoms with van der Waals surface area (Å²) in [5.74, 6) is -4.31. The molecule has 0 radical (unpaired) electrons. The molecular weight excluding hydrogens is 389 g/mol. The highest BCUT2D eigenvalue weighted by molar-refractivity contribution is 8.00. The fourth-order valence-electron chi connectivity index (χ4n) is 2.54. The second-order valence-corrected chi connectivity index (χ2v) is 7.46. The number of anilines is 1. The minimum atomic E-state index is -1.63. The minimum absolute atomic E-state index is 0.421. The lowest BCUT2D eigenvalue weighted by Gasteiger charge is -2.13. The lowest BCUT2D eigenvalue weighted by atomic mass is 10.1. The first-order chi connectivity index (χ1) is 13.3. The molecule has 1 amide bonds. The van der Waals surface area contributed by atoms with Crippen LogP contribution in [0.1, 0.15) is 12.5 Å². The van der Waals surface area contributed by atoms with Crippen molar-refractivity contribution in [2.45, 2.75) is 24.3 Å². The summed E-state index contributed by atoms with van der Waals surface area (Å²) in [5.41, 5.74) is 1.54. The molecule has 0 saturated heterocycles. The van der Waals surface area contributed by atoms with Crippen molar-refractivity contribution in [1.29, 1.82) is 0 Å². The summed E-state index contributed by atoms with van der Waals surface area (Å²) in [4.78, 5) is 12.3. The smallest absolute Gasteiger partial charge is 0.237 e. The maximum atomic E-state index is 13.7. The molecule has 0 aliphatic carbocycles. The van der Waals surface area contributed by atoms with E-state index in [2.05, 4.69) is 15.5 Å². The van der Waals surface area contributed by atoms with E-state index < -0.39 is 34.3 Å². The molecule has 1 N–H and O–H groups in total. The van der Waals surface area contributed by atoms with E-state index in [1.807, 2.05) is 31.2 Å². The van der Waals surface area contributed by atoms with Crippen molar-refractivity contribution in [1.82, 2.24) is 14.8 Å². The van der Waals surface area contributed by atoms with E-state index in [1.165, 1.54) is 0 Å². The fraction of sp³-hybridized carbons (Fsp3) is 0.211. The van der Waals surface area contributed by atoms with Gasteiger partial charge >= 0.3 is 0 Å². The van der Waals surface area contributed by atoms with Gasteiger partial charge in [-0.1, -0.05) is 36.0 Å². The minimum Gasteiger partial charge on any atom is -0.323 e. The van der Waals surface area contributed by atoms with Crippen molar-refractivity contribution in [3.63, 3.8) is 0 Å². The number of aryl methyl sites for hydroxylation is 1. The molecule has 9 heteroatoms. The Morgan fingerprint density at radius 3 is 2.54 bits per heavy atom. The number of carbonyl (C=O) groups is 1. The number of carbonyl (C=O) groups excluding carboxylic acids is 1. The van der Waals surface area contributed by atoms with Crippen LogP contribution in [0.15, 0.2) is 41.6 Å². The standard InChI is InChI=1S/C19H17F3N4OS/c1-10-6-4-5-7-12(10)17-24-25-19(26(17)3)28-11(2)18(27)23-14-9-8-13(20)15(21)16(14)22/h4-9,11H,1-3H3,(H,23,27)/t11-/m1/s1. The third-order valence-electron chi connectivity index (χ3n) is 4.17. The number of thioether (sulfide) groups is 1. The zero-order chi connectivity index (χ0) is 20.4. The lowest BCUT2D eigenvalue weighted by molar-refractivity contribution is -0.115. The van der Waals surface area contributed by atoms with E-state index in [1.54, 1.807) is 18.5 Å². The van der Waals surface area contributed by atoms with Gasteiger partial charge in [0.15, 0.2) is 28.4 Å². The molecule has 0 saturated carbocycles. The average molecular weight is 406 g/mol. The maximum absolute atomic E-state index is 13.7. The highest BCUT2D eigenvalue weighted by Crippen LogP contribution is 2.28. The molecule has 3 rings (SSSR count). The van der Waals surface area contributed by atoms with Gasteiger partial charge in [0.25, 0.3) is 0 Å². The molecule has 146 valence electrons. The zero-order valence-corrected chi connectivity index (χ0v) is 16.1. The van der Waals surface area contributed by atoms with Crippen molar-refractivity contribution in [3.05, 3.63) is 59.4 Å². The Balaban J connectivity index is 1.75. The number of hydrogen-bond acceptors (Lipinski definition) is 4. The summed E-state index contributed by atoms with van der Waals surface area (Å²) in [6.45, 7) is 3.56. The molecule has 2 aromatic carbocycles. The van der Waals surface area contributed by atoms with Crippen molar-refractivity contribution in [2.75, 3.05) is 5.32 Å². The topological polar surface area (TPSA) is 59.8 Å². The van der Waals surface area contributed by atoms with Crippen LogP contribution in [0.3, 0.4) is 0 Å².